The molecule has 0 fully saturated rings. The number of carbonyl (C=O) groups excluding carboxylic acids is 3. The van der Waals surface area contributed by atoms with E-state index in [0.717, 1.165) is 5.69 Å². The van der Waals surface area contributed by atoms with Gasteiger partial charge in [0.1, 0.15) is 6.61 Å². The van der Waals surface area contributed by atoms with Gasteiger partial charge in [-0.05, 0) is 44.2 Å². The zero-order valence-electron chi connectivity index (χ0n) is 15.5. The predicted octanol–water partition coefficient (Wildman–Crippen LogP) is 1.55. The van der Waals surface area contributed by atoms with Crippen molar-refractivity contribution >= 4 is 18.0 Å². The van der Waals surface area contributed by atoms with E-state index in [0.29, 0.717) is 5.56 Å². The summed E-state index contributed by atoms with van der Waals surface area (Å²) in [7, 11) is 0. The standard InChI is InChI=1S/C19H20N4O5/c1-3-27-18(25)16-12(2)21-19(26)22-15(16)11-28-17(24)13-5-7-14(8-6-13)23-10-4-9-20-23/h4-10,12H,3,11H2,1-2H3,(H2,21,22,26). The number of nitrogens with one attached hydrogen (secondary N) is 2. The van der Waals surface area contributed by atoms with Crippen molar-refractivity contribution < 1.29 is 23.9 Å². The van der Waals surface area contributed by atoms with Crippen LogP contribution in [-0.2, 0) is 14.3 Å². The maximum atomic E-state index is 12.3. The molecule has 1 unspecified atom stereocenters. The molecule has 0 radical (unpaired) electrons. The van der Waals surface area contributed by atoms with Crippen LogP contribution in [0, 0.1) is 0 Å². The molecule has 2 amide bonds. The maximum Gasteiger partial charge on any atom is 0.338 e. The van der Waals surface area contributed by atoms with Crippen LogP contribution in [0.5, 0.6) is 0 Å². The van der Waals surface area contributed by atoms with E-state index in [4.69, 9.17) is 9.47 Å². The molecule has 146 valence electrons. The van der Waals surface area contributed by atoms with Crippen molar-refractivity contribution in [2.45, 2.75) is 19.9 Å². The van der Waals surface area contributed by atoms with Crippen LogP contribution in [0.3, 0.4) is 0 Å². The number of ether oxygens (including phenoxy) is 2. The molecule has 3 rings (SSSR count). The second-order valence-corrected chi connectivity index (χ2v) is 6.01. The van der Waals surface area contributed by atoms with Crippen LogP contribution in [0.1, 0.15) is 24.2 Å². The number of carbonyl (C=O) groups is 3. The highest BCUT2D eigenvalue weighted by atomic mass is 16.5. The zero-order valence-corrected chi connectivity index (χ0v) is 15.5. The smallest absolute Gasteiger partial charge is 0.338 e. The molecular formula is C19H20N4O5. The Bertz CT molecular complexity index is 903. The van der Waals surface area contributed by atoms with E-state index in [1.807, 2.05) is 0 Å². The van der Waals surface area contributed by atoms with Gasteiger partial charge in [0, 0.05) is 12.4 Å². The molecule has 0 aliphatic carbocycles. The summed E-state index contributed by atoms with van der Waals surface area (Å²) in [5, 5.41) is 9.21. The first kappa shape index (κ1) is 19.2. The summed E-state index contributed by atoms with van der Waals surface area (Å²) in [6.45, 7) is 3.27. The number of amides is 2. The van der Waals surface area contributed by atoms with E-state index in [1.54, 1.807) is 61.3 Å². The first-order chi connectivity index (χ1) is 13.5. The van der Waals surface area contributed by atoms with Crippen molar-refractivity contribution in [3.8, 4) is 5.69 Å². The first-order valence-electron chi connectivity index (χ1n) is 8.74. The number of benzene rings is 1. The molecule has 2 heterocycles. The van der Waals surface area contributed by atoms with Crippen molar-refractivity contribution in [2.75, 3.05) is 13.2 Å². The van der Waals surface area contributed by atoms with Gasteiger partial charge in [0.25, 0.3) is 0 Å². The van der Waals surface area contributed by atoms with E-state index in [1.165, 1.54) is 0 Å². The average Bonchev–Trinajstić information content (AvgIpc) is 3.20. The highest BCUT2D eigenvalue weighted by molar-refractivity contribution is 5.95. The van der Waals surface area contributed by atoms with Crippen LogP contribution in [0.2, 0.25) is 0 Å². The van der Waals surface area contributed by atoms with Crippen LogP contribution >= 0.6 is 0 Å². The lowest BCUT2D eigenvalue weighted by Gasteiger charge is -2.26. The molecule has 9 nitrogen and oxygen atoms in total. The van der Waals surface area contributed by atoms with E-state index in [2.05, 4.69) is 15.7 Å². The molecule has 0 saturated heterocycles. The van der Waals surface area contributed by atoms with Gasteiger partial charge >= 0.3 is 18.0 Å². The molecule has 1 aliphatic heterocycles. The van der Waals surface area contributed by atoms with Gasteiger partial charge < -0.3 is 20.1 Å². The zero-order chi connectivity index (χ0) is 20.1. The second-order valence-electron chi connectivity index (χ2n) is 6.01. The monoisotopic (exact) mass is 384 g/mol. The van der Waals surface area contributed by atoms with Crippen LogP contribution in [0.4, 0.5) is 4.79 Å². The topological polar surface area (TPSA) is 112 Å². The van der Waals surface area contributed by atoms with Crippen molar-refractivity contribution in [3.05, 3.63) is 59.6 Å². The van der Waals surface area contributed by atoms with E-state index < -0.39 is 24.0 Å². The SMILES string of the molecule is CCOC(=O)C1=C(COC(=O)c2ccc(-n3cccn3)cc2)NC(=O)NC1C. The Morgan fingerprint density at radius 2 is 1.93 bits per heavy atom. The van der Waals surface area contributed by atoms with Crippen LogP contribution in [0.15, 0.2) is 54.0 Å². The van der Waals surface area contributed by atoms with Crippen LogP contribution < -0.4 is 10.6 Å². The minimum Gasteiger partial charge on any atom is -0.463 e. The quantitative estimate of drug-likeness (QED) is 0.731. The summed E-state index contributed by atoms with van der Waals surface area (Å²) < 4.78 is 12.0. The lowest BCUT2D eigenvalue weighted by atomic mass is 10.0. The maximum absolute atomic E-state index is 12.3. The van der Waals surface area contributed by atoms with Crippen molar-refractivity contribution in [1.82, 2.24) is 20.4 Å². The Morgan fingerprint density at radius 1 is 1.18 bits per heavy atom. The number of aromatic nitrogens is 2. The summed E-state index contributed by atoms with van der Waals surface area (Å²) in [6, 6.07) is 7.46. The van der Waals surface area contributed by atoms with Crippen molar-refractivity contribution in [2.24, 2.45) is 0 Å². The third kappa shape index (κ3) is 4.20. The fourth-order valence-electron chi connectivity index (χ4n) is 2.79. The third-order valence-electron chi connectivity index (χ3n) is 4.09. The molecule has 1 aliphatic rings. The molecule has 28 heavy (non-hydrogen) atoms. The van der Waals surface area contributed by atoms with E-state index in [9.17, 15) is 14.4 Å². The van der Waals surface area contributed by atoms with E-state index in [-0.39, 0.29) is 24.5 Å². The highest BCUT2D eigenvalue weighted by Crippen LogP contribution is 2.16. The molecule has 2 aromatic rings. The van der Waals surface area contributed by atoms with Crippen molar-refractivity contribution in [3.63, 3.8) is 0 Å². The highest BCUT2D eigenvalue weighted by Gasteiger charge is 2.30. The lowest BCUT2D eigenvalue weighted by Crippen LogP contribution is -2.50. The van der Waals surface area contributed by atoms with Gasteiger partial charge in [0.05, 0.1) is 35.2 Å². The fraction of sp³-hybridized carbons (Fsp3) is 0.263. The number of hydrogen-bond acceptors (Lipinski definition) is 6. The number of rotatable bonds is 6. The molecule has 0 bridgehead atoms. The fourth-order valence-corrected chi connectivity index (χ4v) is 2.79. The minimum absolute atomic E-state index is 0.193. The number of hydrogen-bond donors (Lipinski definition) is 2. The number of esters is 2. The summed E-state index contributed by atoms with van der Waals surface area (Å²) in [6.07, 6.45) is 3.45. The van der Waals surface area contributed by atoms with Crippen LogP contribution in [-0.4, -0.2) is 47.0 Å². The molecule has 0 saturated carbocycles. The molecule has 2 N–H and O–H groups in total. The molecule has 1 atom stereocenters. The Kier molecular flexibility index (Phi) is 5.73. The van der Waals surface area contributed by atoms with Gasteiger partial charge in [-0.25, -0.2) is 19.1 Å². The molecule has 0 spiro atoms. The minimum atomic E-state index is -0.580. The summed E-state index contributed by atoms with van der Waals surface area (Å²) in [5.41, 5.74) is 1.57. The second kappa shape index (κ2) is 8.38. The summed E-state index contributed by atoms with van der Waals surface area (Å²) in [4.78, 5) is 36.2. The molecule has 1 aromatic heterocycles. The lowest BCUT2D eigenvalue weighted by molar-refractivity contribution is -0.139. The van der Waals surface area contributed by atoms with Crippen molar-refractivity contribution in [1.29, 1.82) is 0 Å². The Labute approximate surface area is 161 Å². The third-order valence-corrected chi connectivity index (χ3v) is 4.09. The van der Waals surface area contributed by atoms with Gasteiger partial charge in [-0.2, -0.15) is 5.10 Å². The van der Waals surface area contributed by atoms with Gasteiger partial charge in [-0.1, -0.05) is 0 Å². The summed E-state index contributed by atoms with van der Waals surface area (Å²) >= 11 is 0. The Hall–Kier alpha value is -3.62. The van der Waals surface area contributed by atoms with E-state index >= 15 is 0 Å². The number of nitrogens with zero attached hydrogens (tertiary/aromatic N) is 2. The van der Waals surface area contributed by atoms with Gasteiger partial charge in [-0.3, -0.25) is 0 Å². The van der Waals surface area contributed by atoms with Gasteiger partial charge in [0.2, 0.25) is 0 Å². The normalized spacial score (nSPS) is 16.2. The van der Waals surface area contributed by atoms with Crippen LogP contribution in [0.25, 0.3) is 5.69 Å². The van der Waals surface area contributed by atoms with Gasteiger partial charge in [-0.15, -0.1) is 0 Å². The Balaban J connectivity index is 1.71. The Morgan fingerprint density at radius 3 is 2.57 bits per heavy atom. The largest absolute Gasteiger partial charge is 0.463 e. The molecule has 9 heteroatoms. The predicted molar refractivity (Wildman–Crippen MR) is 98.6 cm³/mol. The van der Waals surface area contributed by atoms with Gasteiger partial charge in [0.15, 0.2) is 0 Å². The average molecular weight is 384 g/mol. The summed E-state index contributed by atoms with van der Waals surface area (Å²) in [5.74, 6) is -1.15. The first-order valence-corrected chi connectivity index (χ1v) is 8.74. The molecule has 1 aromatic carbocycles. The number of urea groups is 1. The molecular weight excluding hydrogens is 364 g/mol.